The summed E-state index contributed by atoms with van der Waals surface area (Å²) in [4.78, 5) is 0. The molecule has 0 spiro atoms. The van der Waals surface area contributed by atoms with E-state index in [-0.39, 0.29) is 12.2 Å². The molecule has 0 heterocycles. The first kappa shape index (κ1) is 8.90. The van der Waals surface area contributed by atoms with Crippen LogP contribution in [-0.2, 0) is 0 Å². The van der Waals surface area contributed by atoms with Gasteiger partial charge >= 0.3 is 0 Å². The maximum absolute atomic E-state index is 12.0. The van der Waals surface area contributed by atoms with Gasteiger partial charge in [-0.3, -0.25) is 0 Å². The summed E-state index contributed by atoms with van der Waals surface area (Å²) in [5, 5.41) is 8.37. The zero-order chi connectivity index (χ0) is 7.98. The highest BCUT2D eigenvalue weighted by atomic mass is 19.1. The predicted molar refractivity (Wildman–Crippen MR) is 38.9 cm³/mol. The zero-order valence-electron chi connectivity index (χ0n) is 6.02. The van der Waals surface area contributed by atoms with Gasteiger partial charge < -0.3 is 0 Å². The van der Waals surface area contributed by atoms with Gasteiger partial charge in [-0.1, -0.05) is 12.7 Å². The van der Waals surface area contributed by atoms with Gasteiger partial charge in [0.25, 0.3) is 0 Å². The van der Waals surface area contributed by atoms with E-state index < -0.39 is 0 Å². The summed E-state index contributed by atoms with van der Waals surface area (Å²) < 4.78 is 12.0. The second-order valence-electron chi connectivity index (χ2n) is 1.94. The summed E-state index contributed by atoms with van der Waals surface area (Å²) in [6.45, 7) is 4.86. The molecule has 54 valence electrons. The molecule has 0 fully saturated rings. The lowest BCUT2D eigenvalue weighted by atomic mass is 10.1. The van der Waals surface area contributed by atoms with Crippen LogP contribution in [0.15, 0.2) is 24.1 Å². The van der Waals surface area contributed by atoms with Crippen LogP contribution in [0.4, 0.5) is 4.39 Å². The second-order valence-corrected chi connectivity index (χ2v) is 1.94. The van der Waals surface area contributed by atoms with Gasteiger partial charge in [-0.25, -0.2) is 4.39 Å². The Hall–Kier alpha value is -1.10. The molecule has 0 rings (SSSR count). The molecular formula is C8H10FN. The Morgan fingerprint density at radius 3 is 2.60 bits per heavy atom. The molecular weight excluding hydrogens is 129 g/mol. The molecule has 0 aliphatic heterocycles. The van der Waals surface area contributed by atoms with E-state index in [1.165, 1.54) is 0 Å². The Bertz CT molecular complexity index is 186. The van der Waals surface area contributed by atoms with Crippen LogP contribution < -0.4 is 0 Å². The second kappa shape index (κ2) is 4.75. The fourth-order valence-corrected chi connectivity index (χ4v) is 0.535. The first-order valence-corrected chi connectivity index (χ1v) is 3.09. The van der Waals surface area contributed by atoms with Gasteiger partial charge in [-0.2, -0.15) is 5.26 Å². The summed E-state index contributed by atoms with van der Waals surface area (Å²) in [5.41, 5.74) is 0.610. The van der Waals surface area contributed by atoms with Crippen LogP contribution >= 0.6 is 0 Å². The lowest BCUT2D eigenvalue weighted by Crippen LogP contribution is -1.79. The molecule has 0 radical (unpaired) electrons. The van der Waals surface area contributed by atoms with E-state index in [9.17, 15) is 4.39 Å². The maximum Gasteiger partial charge on any atom is 0.0943 e. The third kappa shape index (κ3) is 3.85. The summed E-state index contributed by atoms with van der Waals surface area (Å²) >= 11 is 0. The van der Waals surface area contributed by atoms with Crippen LogP contribution in [0.1, 0.15) is 19.8 Å². The van der Waals surface area contributed by atoms with Crippen molar-refractivity contribution in [1.82, 2.24) is 0 Å². The van der Waals surface area contributed by atoms with E-state index >= 15 is 0 Å². The lowest BCUT2D eigenvalue weighted by molar-refractivity contribution is 0.594. The molecule has 0 unspecified atom stereocenters. The molecule has 1 nitrogen and oxygen atoms in total. The Morgan fingerprint density at radius 1 is 1.70 bits per heavy atom. The fraction of sp³-hybridized carbons (Fsp3) is 0.375. The van der Waals surface area contributed by atoms with Crippen LogP contribution in [0.25, 0.3) is 0 Å². The first-order valence-electron chi connectivity index (χ1n) is 3.09. The van der Waals surface area contributed by atoms with Crippen molar-refractivity contribution in [2.75, 3.05) is 0 Å². The lowest BCUT2D eigenvalue weighted by Gasteiger charge is -1.92. The summed E-state index contributed by atoms with van der Waals surface area (Å²) in [6.07, 6.45) is 2.40. The molecule has 0 aromatic rings. The van der Waals surface area contributed by atoms with Crippen molar-refractivity contribution in [3.8, 4) is 6.07 Å². The third-order valence-electron chi connectivity index (χ3n) is 1.16. The van der Waals surface area contributed by atoms with E-state index in [1.54, 1.807) is 13.0 Å². The van der Waals surface area contributed by atoms with Gasteiger partial charge in [0.15, 0.2) is 0 Å². The third-order valence-corrected chi connectivity index (χ3v) is 1.16. The topological polar surface area (TPSA) is 23.8 Å². The smallest absolute Gasteiger partial charge is 0.0943 e. The van der Waals surface area contributed by atoms with Crippen molar-refractivity contribution in [3.63, 3.8) is 0 Å². The maximum atomic E-state index is 12.0. The van der Waals surface area contributed by atoms with Gasteiger partial charge in [0.1, 0.15) is 0 Å². The number of halogens is 1. The molecule has 10 heavy (non-hydrogen) atoms. The quantitative estimate of drug-likeness (QED) is 0.551. The normalized spacial score (nSPS) is 10.7. The molecule has 0 aromatic heterocycles. The molecule has 2 heteroatoms. The minimum absolute atomic E-state index is 0.257. The molecule has 0 aromatic carbocycles. The summed E-state index contributed by atoms with van der Waals surface area (Å²) in [6, 6.07) is 1.96. The van der Waals surface area contributed by atoms with Gasteiger partial charge in [-0.15, -0.1) is 0 Å². The number of nitriles is 1. The van der Waals surface area contributed by atoms with Crippen LogP contribution in [0.3, 0.4) is 0 Å². The first-order chi connectivity index (χ1) is 4.70. The van der Waals surface area contributed by atoms with Crippen LogP contribution in [-0.4, -0.2) is 0 Å². The molecule has 0 aliphatic carbocycles. The standard InChI is InChI=1S/C8H10FN/c1-3-8(6-10)5-4-7(2)9/h3H,2,4-5H2,1H3/b8-3+. The largest absolute Gasteiger partial charge is 0.212 e. The zero-order valence-corrected chi connectivity index (χ0v) is 6.02. The van der Waals surface area contributed by atoms with E-state index in [0.29, 0.717) is 12.0 Å². The van der Waals surface area contributed by atoms with Gasteiger partial charge in [0.2, 0.25) is 0 Å². The minimum Gasteiger partial charge on any atom is -0.212 e. The summed E-state index contributed by atoms with van der Waals surface area (Å²) in [7, 11) is 0. The highest BCUT2D eigenvalue weighted by Crippen LogP contribution is 2.09. The highest BCUT2D eigenvalue weighted by molar-refractivity contribution is 5.20. The molecule has 0 N–H and O–H groups in total. The van der Waals surface area contributed by atoms with E-state index in [0.717, 1.165) is 0 Å². The Balaban J connectivity index is 3.70. The van der Waals surface area contributed by atoms with E-state index in [4.69, 9.17) is 5.26 Å². The molecule has 0 aliphatic rings. The Kier molecular flexibility index (Phi) is 4.23. The molecule has 0 amide bonds. The number of rotatable bonds is 3. The van der Waals surface area contributed by atoms with Gasteiger partial charge in [-0.05, 0) is 13.3 Å². The average Bonchev–Trinajstić information content (AvgIpc) is 1.90. The number of nitrogens with zero attached hydrogens (tertiary/aromatic N) is 1. The SMILES string of the molecule is C=C(F)CC/C(C#N)=C\C. The number of hydrogen-bond acceptors (Lipinski definition) is 1. The minimum atomic E-state index is -0.366. The van der Waals surface area contributed by atoms with Crippen LogP contribution in [0.2, 0.25) is 0 Å². The van der Waals surface area contributed by atoms with Crippen molar-refractivity contribution in [2.24, 2.45) is 0 Å². The predicted octanol–water partition coefficient (Wildman–Crippen LogP) is 2.72. The number of allylic oxidation sites excluding steroid dienone is 3. The molecule has 0 atom stereocenters. The average molecular weight is 139 g/mol. The molecule has 0 saturated carbocycles. The van der Waals surface area contributed by atoms with Gasteiger partial charge in [0, 0.05) is 12.0 Å². The fourth-order valence-electron chi connectivity index (χ4n) is 0.535. The molecule has 0 saturated heterocycles. The van der Waals surface area contributed by atoms with E-state index in [2.05, 4.69) is 6.58 Å². The van der Waals surface area contributed by atoms with Gasteiger partial charge in [0.05, 0.1) is 11.9 Å². The Morgan fingerprint density at radius 2 is 2.30 bits per heavy atom. The highest BCUT2D eigenvalue weighted by Gasteiger charge is 1.95. The van der Waals surface area contributed by atoms with E-state index in [1.807, 2.05) is 6.07 Å². The van der Waals surface area contributed by atoms with Crippen molar-refractivity contribution >= 4 is 0 Å². The number of hydrogen-bond donors (Lipinski definition) is 0. The van der Waals surface area contributed by atoms with Crippen molar-refractivity contribution < 1.29 is 4.39 Å². The summed E-state index contributed by atoms with van der Waals surface area (Å²) in [5.74, 6) is -0.366. The van der Waals surface area contributed by atoms with Crippen LogP contribution in [0, 0.1) is 11.3 Å². The van der Waals surface area contributed by atoms with Crippen molar-refractivity contribution in [3.05, 3.63) is 24.1 Å². The molecule has 0 bridgehead atoms. The van der Waals surface area contributed by atoms with Crippen molar-refractivity contribution in [2.45, 2.75) is 19.8 Å². The monoisotopic (exact) mass is 139 g/mol. The van der Waals surface area contributed by atoms with Crippen LogP contribution in [0.5, 0.6) is 0 Å². The Labute approximate surface area is 60.5 Å². The van der Waals surface area contributed by atoms with Crippen molar-refractivity contribution in [1.29, 1.82) is 5.26 Å².